The van der Waals surface area contributed by atoms with E-state index in [0.717, 1.165) is 12.3 Å². The number of fused-ring (bicyclic) bond motifs is 3. The molecule has 1 aromatic carbocycles. The number of halogens is 1. The van der Waals surface area contributed by atoms with Gasteiger partial charge in [0.15, 0.2) is 0 Å². The van der Waals surface area contributed by atoms with Gasteiger partial charge in [0.1, 0.15) is 11.9 Å². The van der Waals surface area contributed by atoms with Crippen LogP contribution in [0.5, 0.6) is 5.75 Å². The molecule has 0 radical (unpaired) electrons. The van der Waals surface area contributed by atoms with Crippen LogP contribution in [0.4, 0.5) is 0 Å². The molecule has 0 aliphatic carbocycles. The molecule has 3 heterocycles. The monoisotopic (exact) mass is 282 g/mol. The lowest BCUT2D eigenvalue weighted by molar-refractivity contribution is -0.00776. The van der Waals surface area contributed by atoms with Crippen molar-refractivity contribution in [2.24, 2.45) is 11.7 Å². The Bertz CT molecular complexity index is 441. The summed E-state index contributed by atoms with van der Waals surface area (Å²) < 4.78 is 6.03. The topological polar surface area (TPSA) is 55.6 Å². The van der Waals surface area contributed by atoms with Crippen LogP contribution in [0, 0.1) is 5.92 Å². The van der Waals surface area contributed by atoms with Crippen molar-refractivity contribution in [2.45, 2.75) is 18.9 Å². The van der Waals surface area contributed by atoms with E-state index in [1.54, 1.807) is 12.1 Å². The van der Waals surface area contributed by atoms with Crippen LogP contribution < -0.4 is 10.5 Å². The molecule has 1 aromatic rings. The quantitative estimate of drug-likeness (QED) is 0.918. The molecule has 2 N–H and O–H groups in total. The van der Waals surface area contributed by atoms with Gasteiger partial charge in [-0.25, -0.2) is 0 Å². The highest BCUT2D eigenvalue weighted by molar-refractivity contribution is 5.92. The summed E-state index contributed by atoms with van der Waals surface area (Å²) in [6, 6.07) is 7.10. The van der Waals surface area contributed by atoms with Gasteiger partial charge in [-0.15, -0.1) is 12.4 Å². The van der Waals surface area contributed by atoms with Crippen molar-refractivity contribution in [3.63, 3.8) is 0 Å². The number of nitrogens with two attached hydrogens (primary N) is 1. The average Bonchev–Trinajstić information content (AvgIpc) is 2.41. The smallest absolute Gasteiger partial charge is 0.248 e. The fourth-order valence-electron chi connectivity index (χ4n) is 2.92. The summed E-state index contributed by atoms with van der Waals surface area (Å²) in [6.45, 7) is 3.46. The summed E-state index contributed by atoms with van der Waals surface area (Å²) in [5.41, 5.74) is 5.74. The zero-order chi connectivity index (χ0) is 12.5. The van der Waals surface area contributed by atoms with Gasteiger partial charge in [-0.2, -0.15) is 0 Å². The lowest BCUT2D eigenvalue weighted by atomic mass is 9.86. The molecule has 104 valence electrons. The van der Waals surface area contributed by atoms with Crippen molar-refractivity contribution in [3.05, 3.63) is 29.8 Å². The molecule has 3 saturated heterocycles. The Balaban J connectivity index is 0.00000133. The molecule has 3 aliphatic heterocycles. The first-order valence-electron chi connectivity index (χ1n) is 6.51. The van der Waals surface area contributed by atoms with Crippen LogP contribution >= 0.6 is 12.4 Å². The van der Waals surface area contributed by atoms with Crippen LogP contribution in [0.25, 0.3) is 0 Å². The second-order valence-electron chi connectivity index (χ2n) is 5.18. The standard InChI is InChI=1S/C14H18N2O2.ClH/c15-14(17)11-1-3-12(4-2-11)18-13-9-16-7-5-10(13)6-8-16;/h1-4,10,13H,5-9H2,(H2,15,17);1H. The molecular weight excluding hydrogens is 264 g/mol. The first-order chi connectivity index (χ1) is 8.72. The van der Waals surface area contributed by atoms with E-state index in [9.17, 15) is 4.79 Å². The van der Waals surface area contributed by atoms with Crippen LogP contribution in [0.2, 0.25) is 0 Å². The van der Waals surface area contributed by atoms with Crippen LogP contribution in [0.1, 0.15) is 23.2 Å². The summed E-state index contributed by atoms with van der Waals surface area (Å²) in [6.07, 6.45) is 2.78. The first-order valence-corrected chi connectivity index (χ1v) is 6.51. The Morgan fingerprint density at radius 3 is 2.32 bits per heavy atom. The van der Waals surface area contributed by atoms with Gasteiger partial charge in [0, 0.05) is 12.1 Å². The van der Waals surface area contributed by atoms with E-state index in [1.807, 2.05) is 12.1 Å². The van der Waals surface area contributed by atoms with E-state index in [2.05, 4.69) is 4.90 Å². The average molecular weight is 283 g/mol. The van der Waals surface area contributed by atoms with Gasteiger partial charge in [-0.3, -0.25) is 9.69 Å². The normalized spacial score (nSPS) is 28.5. The minimum Gasteiger partial charge on any atom is -0.489 e. The largest absolute Gasteiger partial charge is 0.489 e. The molecular formula is C14H19ClN2O2. The molecule has 3 fully saturated rings. The molecule has 1 amide bonds. The lowest BCUT2D eigenvalue weighted by Crippen LogP contribution is -2.52. The molecule has 2 bridgehead atoms. The van der Waals surface area contributed by atoms with Crippen LogP contribution in [0.3, 0.4) is 0 Å². The lowest BCUT2D eigenvalue weighted by Gasteiger charge is -2.44. The number of nitrogens with zero attached hydrogens (tertiary/aromatic N) is 1. The minimum atomic E-state index is -0.399. The Morgan fingerprint density at radius 2 is 1.84 bits per heavy atom. The molecule has 4 rings (SSSR count). The van der Waals surface area contributed by atoms with E-state index < -0.39 is 5.91 Å². The first kappa shape index (κ1) is 14.2. The van der Waals surface area contributed by atoms with Gasteiger partial charge in [-0.05, 0) is 56.1 Å². The van der Waals surface area contributed by atoms with Crippen LogP contribution in [0.15, 0.2) is 24.3 Å². The Morgan fingerprint density at radius 1 is 1.21 bits per heavy atom. The fraction of sp³-hybridized carbons (Fsp3) is 0.500. The molecule has 19 heavy (non-hydrogen) atoms. The van der Waals surface area contributed by atoms with E-state index in [1.165, 1.54) is 25.9 Å². The third-order valence-corrected chi connectivity index (χ3v) is 4.02. The Labute approximate surface area is 119 Å². The molecule has 1 unspecified atom stereocenters. The second kappa shape index (κ2) is 5.80. The summed E-state index contributed by atoms with van der Waals surface area (Å²) in [5.74, 6) is 1.12. The maximum atomic E-state index is 11.0. The van der Waals surface area contributed by atoms with Gasteiger partial charge in [0.05, 0.1) is 0 Å². The highest BCUT2D eigenvalue weighted by Gasteiger charge is 2.35. The van der Waals surface area contributed by atoms with Gasteiger partial charge in [0.25, 0.3) is 0 Å². The number of amides is 1. The van der Waals surface area contributed by atoms with E-state index in [-0.39, 0.29) is 12.4 Å². The van der Waals surface area contributed by atoms with E-state index >= 15 is 0 Å². The number of piperidine rings is 3. The molecule has 3 aliphatic rings. The number of carbonyl (C=O) groups is 1. The van der Waals surface area contributed by atoms with Crippen molar-refractivity contribution < 1.29 is 9.53 Å². The zero-order valence-corrected chi connectivity index (χ0v) is 11.6. The number of primary amides is 1. The third-order valence-electron chi connectivity index (χ3n) is 4.02. The number of ether oxygens (including phenoxy) is 1. The van der Waals surface area contributed by atoms with Crippen LogP contribution in [-0.2, 0) is 0 Å². The number of benzene rings is 1. The van der Waals surface area contributed by atoms with Crippen molar-refractivity contribution >= 4 is 18.3 Å². The minimum absolute atomic E-state index is 0. The van der Waals surface area contributed by atoms with Gasteiger partial charge >= 0.3 is 0 Å². The van der Waals surface area contributed by atoms with E-state index in [0.29, 0.717) is 17.6 Å². The molecule has 4 nitrogen and oxygen atoms in total. The Hall–Kier alpha value is -1.26. The number of hydrogen-bond acceptors (Lipinski definition) is 3. The number of carbonyl (C=O) groups excluding carboxylic acids is 1. The summed E-state index contributed by atoms with van der Waals surface area (Å²) in [5, 5.41) is 0. The predicted molar refractivity (Wildman–Crippen MR) is 75.8 cm³/mol. The molecule has 0 spiro atoms. The van der Waals surface area contributed by atoms with Crippen LogP contribution in [-0.4, -0.2) is 36.5 Å². The van der Waals surface area contributed by atoms with Gasteiger partial charge in [0.2, 0.25) is 5.91 Å². The second-order valence-corrected chi connectivity index (χ2v) is 5.18. The molecule has 0 saturated carbocycles. The Kier molecular flexibility index (Phi) is 4.32. The maximum absolute atomic E-state index is 11.0. The van der Waals surface area contributed by atoms with Crippen molar-refractivity contribution in [1.29, 1.82) is 0 Å². The fourth-order valence-corrected chi connectivity index (χ4v) is 2.92. The maximum Gasteiger partial charge on any atom is 0.248 e. The number of rotatable bonds is 3. The van der Waals surface area contributed by atoms with Gasteiger partial charge < -0.3 is 10.5 Å². The summed E-state index contributed by atoms with van der Waals surface area (Å²) >= 11 is 0. The highest BCUT2D eigenvalue weighted by atomic mass is 35.5. The van der Waals surface area contributed by atoms with E-state index in [4.69, 9.17) is 10.5 Å². The summed E-state index contributed by atoms with van der Waals surface area (Å²) in [4.78, 5) is 13.4. The highest BCUT2D eigenvalue weighted by Crippen LogP contribution is 2.30. The predicted octanol–water partition coefficient (Wildman–Crippen LogP) is 1.68. The summed E-state index contributed by atoms with van der Waals surface area (Å²) in [7, 11) is 0. The SMILES string of the molecule is Cl.NC(=O)c1ccc(OC2CN3CCC2CC3)cc1. The third kappa shape index (κ3) is 3.01. The van der Waals surface area contributed by atoms with Crippen molar-refractivity contribution in [3.8, 4) is 5.75 Å². The molecule has 5 heteroatoms. The van der Waals surface area contributed by atoms with Crippen molar-refractivity contribution in [2.75, 3.05) is 19.6 Å². The van der Waals surface area contributed by atoms with Crippen molar-refractivity contribution in [1.82, 2.24) is 4.90 Å². The van der Waals surface area contributed by atoms with Gasteiger partial charge in [-0.1, -0.05) is 0 Å². The molecule has 0 aromatic heterocycles. The number of hydrogen-bond donors (Lipinski definition) is 1. The zero-order valence-electron chi connectivity index (χ0n) is 10.7. The molecule has 1 atom stereocenters.